The molecule has 3 aliphatic rings. The minimum atomic E-state index is -4.75. The molecule has 0 aliphatic carbocycles. The van der Waals surface area contributed by atoms with E-state index in [-0.39, 0.29) is 94.2 Å². The monoisotopic (exact) mass is 774 g/mol. The molecule has 0 radical (unpaired) electrons. The molecular weight excluding hydrogens is 733 g/mol. The zero-order valence-electron chi connectivity index (χ0n) is 30.3. The number of hydrogen-bond donors (Lipinski definition) is 1. The Labute approximate surface area is 314 Å². The van der Waals surface area contributed by atoms with Crippen LogP contribution in [0.5, 0.6) is 11.5 Å². The first kappa shape index (κ1) is 41.1. The van der Waals surface area contributed by atoms with Crippen molar-refractivity contribution in [1.82, 2.24) is 15.1 Å². The molecule has 3 aliphatic heterocycles. The van der Waals surface area contributed by atoms with Gasteiger partial charge in [-0.05, 0) is 36.8 Å². The summed E-state index contributed by atoms with van der Waals surface area (Å²) in [5.41, 5.74) is -2.16. The molecule has 15 nitrogen and oxygen atoms in total. The van der Waals surface area contributed by atoms with Gasteiger partial charge in [0.2, 0.25) is 11.8 Å². The fourth-order valence-corrected chi connectivity index (χ4v) is 6.37. The van der Waals surface area contributed by atoms with Gasteiger partial charge in [0.15, 0.2) is 6.10 Å². The molecular formula is C37H41F3N4O11. The molecule has 2 atom stereocenters. The van der Waals surface area contributed by atoms with Crippen LogP contribution < -0.4 is 14.8 Å². The molecule has 3 heterocycles. The van der Waals surface area contributed by atoms with Gasteiger partial charge in [0, 0.05) is 24.9 Å². The van der Waals surface area contributed by atoms with E-state index >= 15 is 0 Å². The predicted molar refractivity (Wildman–Crippen MR) is 183 cm³/mol. The number of fused-ring (bicyclic) bond motifs is 1. The van der Waals surface area contributed by atoms with Crippen molar-refractivity contribution in [3.05, 3.63) is 58.7 Å². The van der Waals surface area contributed by atoms with E-state index in [1.807, 2.05) is 0 Å². The number of nitrogens with zero attached hydrogens (tertiary/aromatic N) is 3. The first-order valence-corrected chi connectivity index (χ1v) is 17.6. The van der Waals surface area contributed by atoms with Crippen molar-refractivity contribution in [2.24, 2.45) is 5.41 Å². The third kappa shape index (κ3) is 9.97. The van der Waals surface area contributed by atoms with Gasteiger partial charge in [0.05, 0.1) is 81.2 Å². The van der Waals surface area contributed by atoms with Crippen molar-refractivity contribution in [2.75, 3.05) is 72.6 Å². The number of nitrogens with one attached hydrogen (secondary N) is 1. The number of imide groups is 2. The lowest BCUT2D eigenvalue weighted by atomic mass is 9.89. The number of likely N-dealkylation sites (tertiary alicyclic amines) is 1. The van der Waals surface area contributed by atoms with Crippen LogP contribution in [0, 0.1) is 16.7 Å². The van der Waals surface area contributed by atoms with Crippen LogP contribution in [-0.2, 0) is 39.5 Å². The molecule has 2 fully saturated rings. The molecule has 296 valence electrons. The van der Waals surface area contributed by atoms with E-state index in [9.17, 15) is 37.1 Å². The quantitative estimate of drug-likeness (QED) is 0.163. The molecule has 18 heteroatoms. The van der Waals surface area contributed by atoms with E-state index in [1.165, 1.54) is 23.1 Å². The van der Waals surface area contributed by atoms with E-state index in [0.717, 1.165) is 17.0 Å². The first-order chi connectivity index (χ1) is 26.2. The average molecular weight is 775 g/mol. The largest absolute Gasteiger partial charge is 0.490 e. The summed E-state index contributed by atoms with van der Waals surface area (Å²) in [6.07, 6.45) is -5.68. The summed E-state index contributed by atoms with van der Waals surface area (Å²) in [6, 6.07) is 8.07. The fourth-order valence-electron chi connectivity index (χ4n) is 6.37. The number of rotatable bonds is 19. The molecule has 0 bridgehead atoms. The summed E-state index contributed by atoms with van der Waals surface area (Å²) in [6.45, 7) is 6.32. The molecule has 0 spiro atoms. The number of piperidine rings is 1. The third-order valence-electron chi connectivity index (χ3n) is 9.05. The number of carbonyl (C=O) groups excluding carboxylic acids is 5. The van der Waals surface area contributed by atoms with Crippen LogP contribution in [0.2, 0.25) is 0 Å². The zero-order valence-corrected chi connectivity index (χ0v) is 30.3. The second-order valence-electron chi connectivity index (χ2n) is 13.5. The Morgan fingerprint density at radius 3 is 2.13 bits per heavy atom. The maximum absolute atomic E-state index is 13.4. The number of carbonyl (C=O) groups is 5. The first-order valence-electron chi connectivity index (χ1n) is 17.6. The highest BCUT2D eigenvalue weighted by molar-refractivity contribution is 6.24. The van der Waals surface area contributed by atoms with Crippen LogP contribution in [0.1, 0.15) is 58.5 Å². The molecule has 2 aromatic rings. The number of nitriles is 1. The van der Waals surface area contributed by atoms with Gasteiger partial charge < -0.3 is 33.3 Å². The smallest absolute Gasteiger partial charge is 0.417 e. The molecule has 2 saturated heterocycles. The maximum Gasteiger partial charge on any atom is 0.417 e. The van der Waals surface area contributed by atoms with Gasteiger partial charge >= 0.3 is 6.18 Å². The van der Waals surface area contributed by atoms with Crippen molar-refractivity contribution in [2.45, 2.75) is 45.0 Å². The predicted octanol–water partition coefficient (Wildman–Crippen LogP) is 2.74. The Bertz CT molecular complexity index is 1810. The molecule has 5 rings (SSSR count). The van der Waals surface area contributed by atoms with Crippen LogP contribution in [0.15, 0.2) is 36.4 Å². The van der Waals surface area contributed by atoms with Gasteiger partial charge in [0.1, 0.15) is 24.1 Å². The minimum Gasteiger partial charge on any atom is -0.490 e. The Hall–Kier alpha value is -5.09. The standard InChI is InChI=1S/C37H41F3N4O11/c1-36(2)22-43(35(49)31(36)55-24-7-6-23(21-41)26(20-24)37(38,39)40)10-11-50-12-13-51-14-15-52-16-17-53-18-19-54-28-5-3-4-25-30(28)34(48)44(33(25)47)27-8-9-29(45)42-32(27)46/h3-7,20,27,31H,8-19,22H2,1-2H3,(H,42,45,46). The fraction of sp³-hybridized carbons (Fsp3) is 0.514. The number of benzene rings is 2. The second kappa shape index (κ2) is 18.0. The highest BCUT2D eigenvalue weighted by Gasteiger charge is 2.48. The van der Waals surface area contributed by atoms with Crippen LogP contribution in [0.25, 0.3) is 0 Å². The van der Waals surface area contributed by atoms with Crippen LogP contribution in [-0.4, -0.2) is 124 Å². The van der Waals surface area contributed by atoms with E-state index < -0.39 is 58.5 Å². The van der Waals surface area contributed by atoms with E-state index in [2.05, 4.69) is 5.32 Å². The summed E-state index contributed by atoms with van der Waals surface area (Å²) in [5, 5.41) is 11.2. The highest BCUT2D eigenvalue weighted by atomic mass is 19.4. The maximum atomic E-state index is 13.4. The molecule has 2 unspecified atom stereocenters. The summed E-state index contributed by atoms with van der Waals surface area (Å²) >= 11 is 0. The van der Waals surface area contributed by atoms with Gasteiger partial charge in [-0.1, -0.05) is 19.9 Å². The van der Waals surface area contributed by atoms with Gasteiger partial charge in [-0.25, -0.2) is 0 Å². The lowest BCUT2D eigenvalue weighted by molar-refractivity contribution is -0.138. The normalized spacial score (nSPS) is 19.5. The summed E-state index contributed by atoms with van der Waals surface area (Å²) in [5.74, 6) is -2.75. The number of hydrogen-bond acceptors (Lipinski definition) is 12. The molecule has 0 aromatic heterocycles. The van der Waals surface area contributed by atoms with E-state index in [4.69, 9.17) is 33.7 Å². The summed E-state index contributed by atoms with van der Waals surface area (Å²) in [7, 11) is 0. The van der Waals surface area contributed by atoms with Gasteiger partial charge in [-0.15, -0.1) is 0 Å². The summed E-state index contributed by atoms with van der Waals surface area (Å²) in [4.78, 5) is 65.3. The highest BCUT2D eigenvalue weighted by Crippen LogP contribution is 2.38. The Morgan fingerprint density at radius 2 is 1.51 bits per heavy atom. The molecule has 0 saturated carbocycles. The second-order valence-corrected chi connectivity index (χ2v) is 13.5. The number of halogens is 3. The Kier molecular flexibility index (Phi) is 13.5. The molecule has 2 aromatic carbocycles. The lowest BCUT2D eigenvalue weighted by Gasteiger charge is -2.27. The van der Waals surface area contributed by atoms with E-state index in [0.29, 0.717) is 19.8 Å². The molecule has 5 amide bonds. The minimum absolute atomic E-state index is 0.0239. The Balaban J connectivity index is 0.897. The van der Waals surface area contributed by atoms with Gasteiger partial charge in [0.25, 0.3) is 17.7 Å². The SMILES string of the molecule is CC1(C)CN(CCOCCOCCOCCOCCOc2cccc3c2C(=O)N(C2CCC(=O)NC2=O)C3=O)C(=O)C1Oc1ccc(C#N)c(C(F)(F)F)c1. The zero-order chi connectivity index (χ0) is 39.8. The Morgan fingerprint density at radius 1 is 0.873 bits per heavy atom. The van der Waals surface area contributed by atoms with Crippen molar-refractivity contribution in [3.8, 4) is 17.6 Å². The van der Waals surface area contributed by atoms with Crippen molar-refractivity contribution in [1.29, 1.82) is 5.26 Å². The number of alkyl halides is 3. The van der Waals surface area contributed by atoms with Crippen molar-refractivity contribution >= 4 is 29.5 Å². The number of ether oxygens (including phenoxy) is 6. The lowest BCUT2D eigenvalue weighted by Crippen LogP contribution is -2.54. The third-order valence-corrected chi connectivity index (χ3v) is 9.05. The van der Waals surface area contributed by atoms with Crippen molar-refractivity contribution in [3.63, 3.8) is 0 Å². The van der Waals surface area contributed by atoms with Crippen molar-refractivity contribution < 1.29 is 65.6 Å². The van der Waals surface area contributed by atoms with E-state index in [1.54, 1.807) is 26.0 Å². The molecule has 55 heavy (non-hydrogen) atoms. The van der Waals surface area contributed by atoms with Crippen LogP contribution in [0.4, 0.5) is 13.2 Å². The van der Waals surface area contributed by atoms with Crippen LogP contribution >= 0.6 is 0 Å². The average Bonchev–Trinajstić information content (AvgIpc) is 3.52. The van der Waals surface area contributed by atoms with Crippen LogP contribution in [0.3, 0.4) is 0 Å². The summed E-state index contributed by atoms with van der Waals surface area (Å²) < 4.78 is 73.7. The van der Waals surface area contributed by atoms with Gasteiger partial charge in [-0.3, -0.25) is 34.2 Å². The topological polar surface area (TPSA) is 183 Å². The number of amides is 5. The molecule has 1 N–H and O–H groups in total. The van der Waals surface area contributed by atoms with Gasteiger partial charge in [-0.2, -0.15) is 18.4 Å².